The number of carbonyl (C=O) groups is 4. The van der Waals surface area contributed by atoms with Crippen LogP contribution in [0.5, 0.6) is 5.75 Å². The van der Waals surface area contributed by atoms with Gasteiger partial charge in [-0.25, -0.2) is 4.79 Å². The van der Waals surface area contributed by atoms with E-state index < -0.39 is 69.9 Å². The number of hydrogen-bond acceptors (Lipinski definition) is 11. The van der Waals surface area contributed by atoms with Gasteiger partial charge in [-0.3, -0.25) is 24.6 Å². The van der Waals surface area contributed by atoms with Gasteiger partial charge in [-0.05, 0) is 50.9 Å². The van der Waals surface area contributed by atoms with E-state index in [1.54, 1.807) is 33.1 Å². The van der Waals surface area contributed by atoms with Crippen molar-refractivity contribution < 1.29 is 44.3 Å². The van der Waals surface area contributed by atoms with Gasteiger partial charge in [-0.2, -0.15) is 0 Å². The second-order valence-corrected chi connectivity index (χ2v) is 11.1. The number of benzene rings is 1. The molecule has 0 bridgehead atoms. The zero-order chi connectivity index (χ0) is 30.5. The van der Waals surface area contributed by atoms with Crippen molar-refractivity contribution in [3.05, 3.63) is 39.9 Å². The van der Waals surface area contributed by atoms with Crippen LogP contribution in [0.25, 0.3) is 0 Å². The van der Waals surface area contributed by atoms with Crippen LogP contribution in [0, 0.1) is 11.8 Å². The number of aromatic hydroxyl groups is 1. The van der Waals surface area contributed by atoms with Gasteiger partial charge in [0.25, 0.3) is 5.91 Å². The number of phenols is 1. The number of phenolic OH excluding ortho intramolecular Hbond substituents is 1. The molecule has 222 valence electrons. The molecule has 13 heteroatoms. The van der Waals surface area contributed by atoms with E-state index in [1.165, 1.54) is 11.0 Å². The number of anilines is 2. The van der Waals surface area contributed by atoms with Crippen LogP contribution in [0.3, 0.4) is 0 Å². The lowest BCUT2D eigenvalue weighted by molar-refractivity contribution is -0.148. The molecule has 0 fully saturated rings. The van der Waals surface area contributed by atoms with E-state index in [2.05, 4.69) is 5.32 Å². The summed E-state index contributed by atoms with van der Waals surface area (Å²) in [4.78, 5) is 55.1. The van der Waals surface area contributed by atoms with Crippen LogP contribution in [-0.2, 0) is 20.7 Å². The molecule has 1 aromatic carbocycles. The highest BCUT2D eigenvalue weighted by molar-refractivity contribution is 6.25. The molecule has 0 aliphatic heterocycles. The monoisotopic (exact) mass is 572 g/mol. The highest BCUT2D eigenvalue weighted by Crippen LogP contribution is 2.53. The fourth-order valence-electron chi connectivity index (χ4n) is 6.25. The van der Waals surface area contributed by atoms with Gasteiger partial charge in [0.15, 0.2) is 17.1 Å². The Labute approximate surface area is 236 Å². The first-order valence-corrected chi connectivity index (χ1v) is 13.3. The summed E-state index contributed by atoms with van der Waals surface area (Å²) in [5.41, 5.74) is 2.12. The van der Waals surface area contributed by atoms with E-state index in [-0.39, 0.29) is 36.3 Å². The number of aliphatic hydroxyl groups excluding tert-OH is 2. The minimum Gasteiger partial charge on any atom is -0.510 e. The second-order valence-electron chi connectivity index (χ2n) is 11.1. The van der Waals surface area contributed by atoms with Crippen LogP contribution in [0.2, 0.25) is 0 Å². The van der Waals surface area contributed by atoms with E-state index in [0.29, 0.717) is 17.7 Å². The molecule has 2 amide bonds. The number of fused-ring (bicyclic) bond motifs is 3. The van der Waals surface area contributed by atoms with Crippen LogP contribution in [0.4, 0.5) is 16.2 Å². The molecule has 13 nitrogen and oxygen atoms in total. The van der Waals surface area contributed by atoms with Crippen molar-refractivity contribution in [2.45, 2.75) is 44.2 Å². The maximum absolute atomic E-state index is 14.0. The highest BCUT2D eigenvalue weighted by atomic mass is 16.5. The number of likely N-dealkylation sites (N-methyl/N-ethyl adjacent to an activating group) is 1. The van der Waals surface area contributed by atoms with E-state index in [4.69, 9.17) is 10.5 Å². The molecule has 1 aromatic rings. The van der Waals surface area contributed by atoms with Crippen molar-refractivity contribution in [1.82, 2.24) is 4.90 Å². The van der Waals surface area contributed by atoms with Crippen molar-refractivity contribution in [1.29, 1.82) is 0 Å². The molecule has 4 rings (SSSR count). The molecule has 3 aliphatic carbocycles. The molecule has 4 unspecified atom stereocenters. The first-order valence-electron chi connectivity index (χ1n) is 13.3. The van der Waals surface area contributed by atoms with Crippen LogP contribution in [0.15, 0.2) is 28.7 Å². The molecule has 3 aliphatic rings. The summed E-state index contributed by atoms with van der Waals surface area (Å²) >= 11 is 0. The molecule has 0 heterocycles. The Kier molecular flexibility index (Phi) is 7.80. The Balaban J connectivity index is 1.88. The number of ketones is 2. The van der Waals surface area contributed by atoms with Crippen LogP contribution in [0.1, 0.15) is 42.1 Å². The lowest BCUT2D eigenvalue weighted by atomic mass is 9.58. The summed E-state index contributed by atoms with van der Waals surface area (Å²) in [6.07, 6.45) is 0.712. The van der Waals surface area contributed by atoms with Gasteiger partial charge in [0.1, 0.15) is 17.1 Å². The van der Waals surface area contributed by atoms with Crippen molar-refractivity contribution in [3.63, 3.8) is 0 Å². The third-order valence-electron chi connectivity index (χ3n) is 8.15. The third-order valence-corrected chi connectivity index (χ3v) is 8.15. The van der Waals surface area contributed by atoms with E-state index >= 15 is 0 Å². The van der Waals surface area contributed by atoms with Crippen molar-refractivity contribution in [2.24, 2.45) is 17.6 Å². The average molecular weight is 573 g/mol. The Morgan fingerprint density at radius 1 is 1.17 bits per heavy atom. The minimum atomic E-state index is -2.73. The molecule has 0 aromatic heterocycles. The Bertz CT molecular complexity index is 1400. The van der Waals surface area contributed by atoms with E-state index in [0.717, 1.165) is 6.42 Å². The number of nitrogens with one attached hydrogen (secondary N) is 1. The number of Topliss-reactive ketones (excluding diaryl/α,β-unsaturated/α-hetero) is 2. The summed E-state index contributed by atoms with van der Waals surface area (Å²) < 4.78 is 5.12. The predicted molar refractivity (Wildman–Crippen MR) is 148 cm³/mol. The summed E-state index contributed by atoms with van der Waals surface area (Å²) in [5.74, 6) is -7.43. The number of aliphatic hydroxyl groups is 3. The summed E-state index contributed by atoms with van der Waals surface area (Å²) in [7, 11) is 6.58. The fraction of sp³-hybridized carbons (Fsp3) is 0.500. The van der Waals surface area contributed by atoms with Crippen LogP contribution in [-0.4, -0.2) is 95.3 Å². The van der Waals surface area contributed by atoms with Gasteiger partial charge < -0.3 is 35.8 Å². The Morgan fingerprint density at radius 2 is 1.83 bits per heavy atom. The van der Waals surface area contributed by atoms with Crippen molar-refractivity contribution in [2.75, 3.05) is 45.0 Å². The lowest BCUT2D eigenvalue weighted by Gasteiger charge is -2.50. The van der Waals surface area contributed by atoms with Gasteiger partial charge in [-0.15, -0.1) is 0 Å². The minimum absolute atomic E-state index is 0.0247. The topological polar surface area (TPSA) is 203 Å². The average Bonchev–Trinajstić information content (AvgIpc) is 2.87. The number of allylic oxidation sites excluding steroid dienone is 1. The number of nitrogens with zero attached hydrogens (tertiary/aromatic N) is 2. The summed E-state index contributed by atoms with van der Waals surface area (Å²) in [6.45, 7) is 2.09. The maximum atomic E-state index is 14.0. The zero-order valence-corrected chi connectivity index (χ0v) is 23.6. The molecular weight excluding hydrogens is 536 g/mol. The number of carbonyl (C=O) groups excluding carboxylic acids is 4. The van der Waals surface area contributed by atoms with Gasteiger partial charge in [0, 0.05) is 31.3 Å². The number of unbranched alkanes of at least 4 members (excludes halogenated alkanes) is 1. The van der Waals surface area contributed by atoms with Crippen LogP contribution < -0.4 is 16.0 Å². The second kappa shape index (κ2) is 10.7. The van der Waals surface area contributed by atoms with Gasteiger partial charge >= 0.3 is 6.09 Å². The predicted octanol–water partition coefficient (Wildman–Crippen LogP) is 1.54. The number of nitrogens with two attached hydrogens (primary N) is 1. The summed E-state index contributed by atoms with van der Waals surface area (Å²) in [6, 6.07) is 0.434. The first kappa shape index (κ1) is 29.9. The van der Waals surface area contributed by atoms with Gasteiger partial charge in [0.05, 0.1) is 23.9 Å². The van der Waals surface area contributed by atoms with Gasteiger partial charge in [-0.1, -0.05) is 13.3 Å². The fourth-order valence-corrected chi connectivity index (χ4v) is 6.25. The number of ether oxygens (including phenoxy) is 1. The molecule has 7 N–H and O–H groups in total. The van der Waals surface area contributed by atoms with Crippen LogP contribution >= 0.6 is 0 Å². The van der Waals surface area contributed by atoms with E-state index in [9.17, 15) is 39.6 Å². The highest BCUT2D eigenvalue weighted by Gasteiger charge is 2.63. The number of rotatable bonds is 7. The van der Waals surface area contributed by atoms with Gasteiger partial charge in [0.2, 0.25) is 5.78 Å². The first-order chi connectivity index (χ1) is 19.2. The van der Waals surface area contributed by atoms with E-state index in [1.807, 2.05) is 6.92 Å². The number of primary amides is 1. The standard InChI is InChI=1S/C28H36N4O9/c1-6-7-8-41-27(39)30-15-11-16(31(2)3)13-9-12-10-14-20(32(4)5)23(35)19(26(29)38)25(37)28(14,40)24(36)17(12)22(34)18(13)21(15)33/h11-12,14,20,33,35-36,40H,6-10H2,1-5H3,(H2,29,38)(H,30,39). The smallest absolute Gasteiger partial charge is 0.411 e. The number of hydrogen-bond donors (Lipinski definition) is 6. The third kappa shape index (κ3) is 4.58. The molecule has 0 radical (unpaired) electrons. The molecule has 4 atom stereocenters. The molecule has 0 spiro atoms. The van der Waals surface area contributed by atoms with Crippen molar-refractivity contribution in [3.8, 4) is 5.75 Å². The molecule has 0 saturated heterocycles. The zero-order valence-electron chi connectivity index (χ0n) is 23.6. The molecule has 41 heavy (non-hydrogen) atoms. The lowest BCUT2D eigenvalue weighted by Crippen LogP contribution is -2.63. The number of amides is 2. The Hall–Kier alpha value is -4.10. The SMILES string of the molecule is CCCCOC(=O)Nc1cc(N(C)C)c2c(c1O)C(=O)C1=C(O)C3(O)C(=O)C(C(N)=O)=C(O)C(N(C)C)C3CC1C2. The largest absolute Gasteiger partial charge is 0.510 e. The quantitative estimate of drug-likeness (QED) is 0.157. The normalized spacial score (nSPS) is 25.5. The maximum Gasteiger partial charge on any atom is 0.411 e. The summed E-state index contributed by atoms with van der Waals surface area (Å²) in [5, 5.41) is 47.7. The molecule has 0 saturated carbocycles. The molecular formula is C28H36N4O9. The Morgan fingerprint density at radius 3 is 2.39 bits per heavy atom. The van der Waals surface area contributed by atoms with Crippen molar-refractivity contribution >= 4 is 34.9 Å².